The molecule has 0 spiro atoms. The second-order valence-corrected chi connectivity index (χ2v) is 6.09. The summed E-state index contributed by atoms with van der Waals surface area (Å²) in [4.78, 5) is 26.0. The monoisotopic (exact) mass is 339 g/mol. The van der Waals surface area contributed by atoms with E-state index in [0.29, 0.717) is 24.9 Å². The highest BCUT2D eigenvalue weighted by molar-refractivity contribution is 5.85. The third kappa shape index (κ3) is 3.50. The van der Waals surface area contributed by atoms with Gasteiger partial charge in [-0.2, -0.15) is 0 Å². The maximum atomic E-state index is 12.7. The molecule has 0 radical (unpaired) electrons. The van der Waals surface area contributed by atoms with Crippen molar-refractivity contribution >= 4 is 11.9 Å². The number of hydrogen-bond donors (Lipinski definition) is 1. The van der Waals surface area contributed by atoms with Gasteiger partial charge in [0.15, 0.2) is 6.04 Å². The van der Waals surface area contributed by atoms with Gasteiger partial charge in [0.1, 0.15) is 5.75 Å². The second kappa shape index (κ2) is 7.38. The van der Waals surface area contributed by atoms with Crippen LogP contribution in [0.15, 0.2) is 48.5 Å². The van der Waals surface area contributed by atoms with Crippen molar-refractivity contribution in [2.24, 2.45) is 0 Å². The zero-order chi connectivity index (χ0) is 17.8. The summed E-state index contributed by atoms with van der Waals surface area (Å²) in [5.41, 5.74) is 2.67. The molecule has 1 unspecified atom stereocenters. The Kier molecular flexibility index (Phi) is 5.03. The third-order valence-electron chi connectivity index (χ3n) is 4.64. The van der Waals surface area contributed by atoms with Crippen LogP contribution in [0, 0.1) is 0 Å². The summed E-state index contributed by atoms with van der Waals surface area (Å²) in [6.45, 7) is 0.429. The summed E-state index contributed by atoms with van der Waals surface area (Å²) in [6, 6.07) is 14.1. The van der Waals surface area contributed by atoms with Crippen LogP contribution in [0.3, 0.4) is 0 Å². The Labute approximate surface area is 146 Å². The molecular weight excluding hydrogens is 318 g/mol. The smallest absolute Gasteiger partial charge is 0.331 e. The fourth-order valence-electron chi connectivity index (χ4n) is 3.40. The molecule has 0 saturated heterocycles. The minimum Gasteiger partial charge on any atom is -0.496 e. The quantitative estimate of drug-likeness (QED) is 0.910. The van der Waals surface area contributed by atoms with E-state index in [1.807, 2.05) is 42.5 Å². The van der Waals surface area contributed by atoms with Crippen molar-refractivity contribution in [3.8, 4) is 5.75 Å². The van der Waals surface area contributed by atoms with E-state index in [0.717, 1.165) is 16.9 Å². The topological polar surface area (TPSA) is 66.8 Å². The molecule has 1 aliphatic heterocycles. The number of para-hydroxylation sites is 1. The average molecular weight is 339 g/mol. The molecule has 1 N–H and O–H groups in total. The summed E-state index contributed by atoms with van der Waals surface area (Å²) in [5, 5.41) is 9.66. The van der Waals surface area contributed by atoms with Crippen molar-refractivity contribution in [1.29, 1.82) is 0 Å². The third-order valence-corrected chi connectivity index (χ3v) is 4.64. The number of aliphatic carboxylic acids is 1. The number of fused-ring (bicyclic) bond motifs is 1. The molecular formula is C20H21NO4. The van der Waals surface area contributed by atoms with Crippen molar-refractivity contribution in [3.63, 3.8) is 0 Å². The predicted octanol–water partition coefficient (Wildman–Crippen LogP) is 2.84. The molecule has 1 atom stereocenters. The number of aryl methyl sites for hydroxylation is 1. The molecule has 5 nitrogen and oxygen atoms in total. The zero-order valence-corrected chi connectivity index (χ0v) is 14.1. The number of nitrogens with zero attached hydrogens (tertiary/aromatic N) is 1. The Balaban J connectivity index is 1.76. The van der Waals surface area contributed by atoms with Gasteiger partial charge in [-0.25, -0.2) is 4.79 Å². The van der Waals surface area contributed by atoms with Gasteiger partial charge < -0.3 is 14.7 Å². The highest BCUT2D eigenvalue weighted by Gasteiger charge is 2.35. The molecule has 1 heterocycles. The van der Waals surface area contributed by atoms with Gasteiger partial charge in [0.05, 0.1) is 7.11 Å². The molecule has 5 heteroatoms. The zero-order valence-electron chi connectivity index (χ0n) is 14.1. The van der Waals surface area contributed by atoms with Crippen LogP contribution in [0.4, 0.5) is 0 Å². The van der Waals surface area contributed by atoms with E-state index in [1.54, 1.807) is 13.2 Å². The van der Waals surface area contributed by atoms with E-state index in [-0.39, 0.29) is 12.3 Å². The molecule has 0 aromatic heterocycles. The molecule has 0 aliphatic carbocycles. The number of carboxylic acid groups (broad SMARTS) is 1. The SMILES string of the molecule is COc1ccccc1CCC(=O)N1CCc2ccccc2C1C(=O)O. The summed E-state index contributed by atoms with van der Waals surface area (Å²) >= 11 is 0. The standard InChI is InChI=1S/C20H21NO4/c1-25-17-9-5-3-7-15(17)10-11-18(22)21-13-12-14-6-2-4-8-16(14)19(21)20(23)24/h2-9,19H,10-13H2,1H3,(H,23,24). The maximum Gasteiger partial charge on any atom is 0.331 e. The van der Waals surface area contributed by atoms with Crippen molar-refractivity contribution in [2.75, 3.05) is 13.7 Å². The average Bonchev–Trinajstić information content (AvgIpc) is 2.65. The number of carbonyl (C=O) groups is 2. The van der Waals surface area contributed by atoms with E-state index >= 15 is 0 Å². The molecule has 2 aromatic rings. The Morgan fingerprint density at radius 1 is 1.16 bits per heavy atom. The second-order valence-electron chi connectivity index (χ2n) is 6.09. The molecule has 0 fully saturated rings. The lowest BCUT2D eigenvalue weighted by molar-refractivity contribution is -0.151. The molecule has 1 amide bonds. The maximum absolute atomic E-state index is 12.7. The van der Waals surface area contributed by atoms with Crippen molar-refractivity contribution in [3.05, 3.63) is 65.2 Å². The van der Waals surface area contributed by atoms with Gasteiger partial charge in [0.25, 0.3) is 0 Å². The Morgan fingerprint density at radius 2 is 1.88 bits per heavy atom. The number of methoxy groups -OCH3 is 1. The molecule has 0 saturated carbocycles. The Bertz CT molecular complexity index is 787. The Hall–Kier alpha value is -2.82. The van der Waals surface area contributed by atoms with Crippen LogP contribution in [0.5, 0.6) is 5.75 Å². The predicted molar refractivity (Wildman–Crippen MR) is 93.6 cm³/mol. The lowest BCUT2D eigenvalue weighted by Crippen LogP contribution is -2.43. The number of rotatable bonds is 5. The van der Waals surface area contributed by atoms with Gasteiger partial charge >= 0.3 is 5.97 Å². The van der Waals surface area contributed by atoms with E-state index in [2.05, 4.69) is 0 Å². The Morgan fingerprint density at radius 3 is 2.64 bits per heavy atom. The molecule has 3 rings (SSSR count). The minimum atomic E-state index is -0.988. The van der Waals surface area contributed by atoms with E-state index < -0.39 is 12.0 Å². The van der Waals surface area contributed by atoms with Crippen LogP contribution in [0.2, 0.25) is 0 Å². The first kappa shape index (κ1) is 17.0. The van der Waals surface area contributed by atoms with E-state index in [9.17, 15) is 14.7 Å². The van der Waals surface area contributed by atoms with Crippen molar-refractivity contribution in [2.45, 2.75) is 25.3 Å². The summed E-state index contributed by atoms with van der Waals surface area (Å²) in [5.74, 6) is -0.389. The molecule has 130 valence electrons. The lowest BCUT2D eigenvalue weighted by atomic mass is 9.92. The van der Waals surface area contributed by atoms with Gasteiger partial charge in [-0.15, -0.1) is 0 Å². The summed E-state index contributed by atoms with van der Waals surface area (Å²) < 4.78 is 5.31. The number of hydrogen-bond acceptors (Lipinski definition) is 3. The van der Waals surface area contributed by atoms with Gasteiger partial charge in [0, 0.05) is 13.0 Å². The van der Waals surface area contributed by atoms with E-state index in [1.165, 1.54) is 4.90 Å². The van der Waals surface area contributed by atoms with Crippen LogP contribution < -0.4 is 4.74 Å². The van der Waals surface area contributed by atoms with Gasteiger partial charge in [0.2, 0.25) is 5.91 Å². The van der Waals surface area contributed by atoms with E-state index in [4.69, 9.17) is 4.74 Å². The summed E-state index contributed by atoms with van der Waals surface area (Å²) in [6.07, 6.45) is 1.46. The number of ether oxygens (including phenoxy) is 1. The first-order chi connectivity index (χ1) is 12.1. The fourth-order valence-corrected chi connectivity index (χ4v) is 3.40. The summed E-state index contributed by atoms with van der Waals surface area (Å²) in [7, 11) is 1.60. The van der Waals surface area contributed by atoms with Crippen LogP contribution in [0.1, 0.15) is 29.2 Å². The molecule has 25 heavy (non-hydrogen) atoms. The first-order valence-electron chi connectivity index (χ1n) is 8.33. The largest absolute Gasteiger partial charge is 0.496 e. The normalized spacial score (nSPS) is 16.2. The number of amides is 1. The number of benzene rings is 2. The van der Waals surface area contributed by atoms with Gasteiger partial charge in [-0.1, -0.05) is 42.5 Å². The van der Waals surface area contributed by atoms with Crippen LogP contribution in [0.25, 0.3) is 0 Å². The van der Waals surface area contributed by atoms with Crippen LogP contribution in [-0.2, 0) is 22.4 Å². The molecule has 2 aromatic carbocycles. The van der Waals surface area contributed by atoms with Gasteiger partial charge in [-0.3, -0.25) is 4.79 Å². The lowest BCUT2D eigenvalue weighted by Gasteiger charge is -2.35. The minimum absolute atomic E-state index is 0.146. The highest BCUT2D eigenvalue weighted by atomic mass is 16.5. The first-order valence-corrected chi connectivity index (χ1v) is 8.33. The van der Waals surface area contributed by atoms with Crippen molar-refractivity contribution in [1.82, 2.24) is 4.90 Å². The molecule has 0 bridgehead atoms. The highest BCUT2D eigenvalue weighted by Crippen LogP contribution is 2.31. The van der Waals surface area contributed by atoms with Crippen molar-refractivity contribution < 1.29 is 19.4 Å². The number of carbonyl (C=O) groups excluding carboxylic acids is 1. The fraction of sp³-hybridized carbons (Fsp3) is 0.300. The number of carboxylic acids is 1. The molecule has 1 aliphatic rings. The van der Waals surface area contributed by atoms with Gasteiger partial charge in [-0.05, 0) is 35.6 Å². The van der Waals surface area contributed by atoms with Crippen LogP contribution in [-0.4, -0.2) is 35.5 Å². The van der Waals surface area contributed by atoms with Crippen LogP contribution >= 0.6 is 0 Å².